The molecule has 0 aliphatic heterocycles. The molecule has 120 valence electrons. The van der Waals surface area contributed by atoms with Gasteiger partial charge >= 0.3 is 0 Å². The van der Waals surface area contributed by atoms with Gasteiger partial charge in [-0.05, 0) is 66.3 Å². The van der Waals surface area contributed by atoms with Gasteiger partial charge in [0.05, 0.1) is 6.21 Å². The van der Waals surface area contributed by atoms with Crippen molar-refractivity contribution in [3.63, 3.8) is 0 Å². The van der Waals surface area contributed by atoms with Gasteiger partial charge in [0, 0.05) is 14.2 Å². The van der Waals surface area contributed by atoms with E-state index in [0.717, 1.165) is 14.7 Å². The van der Waals surface area contributed by atoms with E-state index >= 15 is 0 Å². The Labute approximate surface area is 154 Å². The molecule has 1 atom stereocenters. The quantitative estimate of drug-likeness (QED) is 0.429. The van der Waals surface area contributed by atoms with Crippen molar-refractivity contribution < 1.29 is 9.53 Å². The Morgan fingerprint density at radius 1 is 1.35 bits per heavy atom. The Morgan fingerprint density at radius 2 is 2.09 bits per heavy atom. The van der Waals surface area contributed by atoms with Gasteiger partial charge in [0.2, 0.25) is 0 Å². The molecule has 0 aliphatic rings. The highest BCUT2D eigenvalue weighted by molar-refractivity contribution is 14.1. The van der Waals surface area contributed by atoms with Crippen LogP contribution in [-0.4, -0.2) is 18.2 Å². The SMILES string of the molecule is Cc1cc(Cl)ccc1OC(C)C(=O)N/N=C/c1ccccc1I. The number of hydrogen-bond donors (Lipinski definition) is 1. The summed E-state index contributed by atoms with van der Waals surface area (Å²) in [6.45, 7) is 3.55. The Morgan fingerprint density at radius 3 is 2.78 bits per heavy atom. The average Bonchev–Trinajstić information content (AvgIpc) is 2.51. The maximum absolute atomic E-state index is 12.0. The molecule has 2 aromatic rings. The van der Waals surface area contributed by atoms with Gasteiger partial charge in [0.15, 0.2) is 6.10 Å². The van der Waals surface area contributed by atoms with Crippen molar-refractivity contribution in [3.8, 4) is 5.75 Å². The van der Waals surface area contributed by atoms with E-state index in [0.29, 0.717) is 10.8 Å². The van der Waals surface area contributed by atoms with Crippen molar-refractivity contribution in [2.45, 2.75) is 20.0 Å². The minimum atomic E-state index is -0.665. The topological polar surface area (TPSA) is 50.7 Å². The summed E-state index contributed by atoms with van der Waals surface area (Å²) in [7, 11) is 0. The first-order valence-corrected chi connectivity index (χ1v) is 8.43. The molecular formula is C17H16ClIN2O2. The zero-order valence-corrected chi connectivity index (χ0v) is 15.6. The number of carbonyl (C=O) groups excluding carboxylic acids is 1. The number of nitrogens with zero attached hydrogens (tertiary/aromatic N) is 1. The van der Waals surface area contributed by atoms with Gasteiger partial charge in [-0.3, -0.25) is 4.79 Å². The number of halogens is 2. The van der Waals surface area contributed by atoms with Crippen molar-refractivity contribution in [1.29, 1.82) is 0 Å². The molecule has 0 saturated carbocycles. The molecule has 2 rings (SSSR count). The van der Waals surface area contributed by atoms with Crippen LogP contribution in [0.1, 0.15) is 18.1 Å². The predicted molar refractivity (Wildman–Crippen MR) is 101 cm³/mol. The molecule has 0 aliphatic carbocycles. The minimum Gasteiger partial charge on any atom is -0.481 e. The molecule has 23 heavy (non-hydrogen) atoms. The fraction of sp³-hybridized carbons (Fsp3) is 0.176. The number of carbonyl (C=O) groups is 1. The van der Waals surface area contributed by atoms with Gasteiger partial charge in [0.1, 0.15) is 5.75 Å². The highest BCUT2D eigenvalue weighted by atomic mass is 127. The number of hydrazone groups is 1. The highest BCUT2D eigenvalue weighted by Gasteiger charge is 2.15. The summed E-state index contributed by atoms with van der Waals surface area (Å²) < 4.78 is 6.70. The number of nitrogens with one attached hydrogen (secondary N) is 1. The predicted octanol–water partition coefficient (Wildman–Crippen LogP) is 4.17. The molecule has 1 unspecified atom stereocenters. The Hall–Kier alpha value is -1.60. The second kappa shape index (κ2) is 8.31. The van der Waals surface area contributed by atoms with Crippen LogP contribution in [0.5, 0.6) is 5.75 Å². The summed E-state index contributed by atoms with van der Waals surface area (Å²) in [5, 5.41) is 4.60. The second-order valence-electron chi connectivity index (χ2n) is 4.93. The van der Waals surface area contributed by atoms with Crippen LogP contribution in [0.15, 0.2) is 47.6 Å². The largest absolute Gasteiger partial charge is 0.481 e. The lowest BCUT2D eigenvalue weighted by Crippen LogP contribution is -2.33. The number of ether oxygens (including phenoxy) is 1. The third kappa shape index (κ3) is 5.21. The normalized spacial score (nSPS) is 12.2. The molecular weight excluding hydrogens is 427 g/mol. The fourth-order valence-electron chi connectivity index (χ4n) is 1.83. The van der Waals surface area contributed by atoms with Crippen molar-refractivity contribution in [1.82, 2.24) is 5.43 Å². The summed E-state index contributed by atoms with van der Waals surface area (Å²) in [4.78, 5) is 12.0. The molecule has 6 heteroatoms. The van der Waals surface area contributed by atoms with E-state index < -0.39 is 6.10 Å². The van der Waals surface area contributed by atoms with Crippen molar-refractivity contribution in [2.75, 3.05) is 0 Å². The monoisotopic (exact) mass is 442 g/mol. The van der Waals surface area contributed by atoms with Crippen LogP contribution in [0.25, 0.3) is 0 Å². The van der Waals surface area contributed by atoms with Crippen molar-refractivity contribution in [3.05, 3.63) is 62.2 Å². The lowest BCUT2D eigenvalue weighted by molar-refractivity contribution is -0.127. The number of rotatable bonds is 5. The van der Waals surface area contributed by atoms with Crippen LogP contribution in [0.3, 0.4) is 0 Å². The lowest BCUT2D eigenvalue weighted by atomic mass is 10.2. The summed E-state index contributed by atoms with van der Waals surface area (Å²) in [5.74, 6) is 0.306. The second-order valence-corrected chi connectivity index (χ2v) is 6.52. The maximum Gasteiger partial charge on any atom is 0.280 e. The Bertz CT molecular complexity index is 734. The average molecular weight is 443 g/mol. The lowest BCUT2D eigenvalue weighted by Gasteiger charge is -2.14. The molecule has 0 saturated heterocycles. The Balaban J connectivity index is 1.94. The van der Waals surface area contributed by atoms with Gasteiger partial charge in [-0.15, -0.1) is 0 Å². The van der Waals surface area contributed by atoms with Crippen LogP contribution in [-0.2, 0) is 4.79 Å². The first kappa shape index (κ1) is 17.7. The van der Waals surface area contributed by atoms with E-state index in [1.165, 1.54) is 0 Å². The fourth-order valence-corrected chi connectivity index (χ4v) is 2.58. The molecule has 0 bridgehead atoms. The van der Waals surface area contributed by atoms with Crippen LogP contribution >= 0.6 is 34.2 Å². The van der Waals surface area contributed by atoms with Crippen molar-refractivity contribution in [2.24, 2.45) is 5.10 Å². The van der Waals surface area contributed by atoms with Crippen LogP contribution in [0, 0.1) is 10.5 Å². The zero-order chi connectivity index (χ0) is 16.8. The number of benzene rings is 2. The van der Waals surface area contributed by atoms with E-state index in [2.05, 4.69) is 33.1 Å². The van der Waals surface area contributed by atoms with Gasteiger partial charge in [-0.1, -0.05) is 29.8 Å². The van der Waals surface area contributed by atoms with Gasteiger partial charge in [-0.25, -0.2) is 5.43 Å². The van der Waals surface area contributed by atoms with E-state index in [1.54, 1.807) is 31.3 Å². The van der Waals surface area contributed by atoms with Crippen LogP contribution in [0.2, 0.25) is 5.02 Å². The van der Waals surface area contributed by atoms with E-state index in [9.17, 15) is 4.79 Å². The summed E-state index contributed by atoms with van der Waals surface area (Å²) in [6, 6.07) is 13.0. The van der Waals surface area contributed by atoms with Gasteiger partial charge in [0.25, 0.3) is 5.91 Å². The van der Waals surface area contributed by atoms with Crippen molar-refractivity contribution >= 4 is 46.3 Å². The molecule has 0 aromatic heterocycles. The highest BCUT2D eigenvalue weighted by Crippen LogP contribution is 2.22. The van der Waals surface area contributed by atoms with E-state index in [1.807, 2.05) is 31.2 Å². The number of hydrogen-bond acceptors (Lipinski definition) is 3. The summed E-state index contributed by atoms with van der Waals surface area (Å²) in [6.07, 6.45) is 0.946. The number of amides is 1. The summed E-state index contributed by atoms with van der Waals surface area (Å²) in [5.41, 5.74) is 4.30. The zero-order valence-electron chi connectivity index (χ0n) is 12.7. The molecule has 0 spiro atoms. The standard InChI is InChI=1S/C17H16ClIN2O2/c1-11-9-14(18)7-8-16(11)23-12(2)17(22)21-20-10-13-5-3-4-6-15(13)19/h3-10,12H,1-2H3,(H,21,22)/b20-10+. The minimum absolute atomic E-state index is 0.318. The first-order valence-electron chi connectivity index (χ1n) is 6.97. The van der Waals surface area contributed by atoms with E-state index in [-0.39, 0.29) is 5.91 Å². The maximum atomic E-state index is 12.0. The summed E-state index contributed by atoms with van der Waals surface area (Å²) >= 11 is 8.11. The molecule has 0 fully saturated rings. The molecule has 2 aromatic carbocycles. The number of aryl methyl sites for hydroxylation is 1. The molecule has 4 nitrogen and oxygen atoms in total. The molecule has 0 radical (unpaired) electrons. The van der Waals surface area contributed by atoms with Gasteiger partial charge in [-0.2, -0.15) is 5.10 Å². The van der Waals surface area contributed by atoms with Gasteiger partial charge < -0.3 is 4.74 Å². The van der Waals surface area contributed by atoms with Crippen LogP contribution < -0.4 is 10.2 Å². The third-order valence-corrected chi connectivity index (χ3v) is 4.31. The smallest absolute Gasteiger partial charge is 0.280 e. The Kier molecular flexibility index (Phi) is 6.41. The molecule has 0 heterocycles. The van der Waals surface area contributed by atoms with E-state index in [4.69, 9.17) is 16.3 Å². The third-order valence-electron chi connectivity index (χ3n) is 3.09. The van der Waals surface area contributed by atoms with Crippen LogP contribution in [0.4, 0.5) is 0 Å². The molecule has 1 N–H and O–H groups in total. The molecule has 1 amide bonds. The first-order chi connectivity index (χ1) is 11.0.